The van der Waals surface area contributed by atoms with Gasteiger partial charge in [0.25, 0.3) is 5.91 Å². The summed E-state index contributed by atoms with van der Waals surface area (Å²) in [5, 5.41) is 15.8. The molecule has 2 aliphatic rings. The van der Waals surface area contributed by atoms with E-state index in [2.05, 4.69) is 10.6 Å². The molecular weight excluding hydrogens is 549 g/mol. The van der Waals surface area contributed by atoms with Crippen molar-refractivity contribution in [1.29, 1.82) is 0 Å². The maximum atomic E-state index is 13.7. The molecule has 3 amide bonds. The van der Waals surface area contributed by atoms with E-state index in [1.165, 1.54) is 18.6 Å². The van der Waals surface area contributed by atoms with Crippen molar-refractivity contribution in [1.82, 2.24) is 15.1 Å². The number of amides is 3. The number of hydrogen-bond acceptors (Lipinski definition) is 5. The molecule has 0 aromatic heterocycles. The minimum Gasteiger partial charge on any atom is -0.488 e. The van der Waals surface area contributed by atoms with Gasteiger partial charge in [-0.1, -0.05) is 38.3 Å². The molecule has 1 fully saturated rings. The number of alkyl halides is 3. The molecule has 11 heteroatoms. The van der Waals surface area contributed by atoms with E-state index in [0.717, 1.165) is 43.4 Å². The standard InChI is InChI=1S/C31H41F3N4O4/c1-20-16-38(21(2)19-39)29(40)26-15-25(36-30(41)35-24-7-5-4-6-8-24)13-14-27(26)42-28(20)18-37(3)17-22-9-11-23(12-10-22)31(32,33)34/h9-15,20-21,24,28,39H,4-8,16-19H2,1-3H3,(H2,35,36,41)/t20-,21+,28-/m0/s1. The molecule has 0 saturated heterocycles. The quantitative estimate of drug-likeness (QED) is 0.377. The Morgan fingerprint density at radius 2 is 1.83 bits per heavy atom. The number of aliphatic hydroxyl groups is 1. The summed E-state index contributed by atoms with van der Waals surface area (Å²) < 4.78 is 45.3. The maximum Gasteiger partial charge on any atom is 0.416 e. The number of nitrogens with zero attached hydrogens (tertiary/aromatic N) is 2. The summed E-state index contributed by atoms with van der Waals surface area (Å²) in [6.45, 7) is 4.72. The van der Waals surface area contributed by atoms with Crippen molar-refractivity contribution >= 4 is 17.6 Å². The lowest BCUT2D eigenvalue weighted by molar-refractivity contribution is -0.137. The molecule has 1 aliphatic heterocycles. The number of nitrogens with one attached hydrogen (secondary N) is 2. The number of halogens is 3. The molecule has 42 heavy (non-hydrogen) atoms. The van der Waals surface area contributed by atoms with E-state index in [0.29, 0.717) is 31.1 Å². The predicted molar refractivity (Wildman–Crippen MR) is 154 cm³/mol. The Balaban J connectivity index is 1.51. The molecule has 1 saturated carbocycles. The Morgan fingerprint density at radius 1 is 1.14 bits per heavy atom. The number of anilines is 1. The van der Waals surface area contributed by atoms with Crippen molar-refractivity contribution < 1.29 is 32.6 Å². The highest BCUT2D eigenvalue weighted by Gasteiger charge is 2.34. The Morgan fingerprint density at radius 3 is 2.48 bits per heavy atom. The number of fused-ring (bicyclic) bond motifs is 1. The Hall–Kier alpha value is -3.31. The molecule has 3 atom stereocenters. The number of likely N-dealkylation sites (N-methyl/N-ethyl adjacent to an activating group) is 1. The van der Waals surface area contributed by atoms with Crippen molar-refractivity contribution in [2.45, 2.75) is 76.9 Å². The van der Waals surface area contributed by atoms with E-state index >= 15 is 0 Å². The van der Waals surface area contributed by atoms with E-state index in [-0.39, 0.29) is 42.2 Å². The summed E-state index contributed by atoms with van der Waals surface area (Å²) >= 11 is 0. The number of carbonyl (C=O) groups is 2. The highest BCUT2D eigenvalue weighted by molar-refractivity contribution is 5.99. The van der Waals surface area contributed by atoms with E-state index in [1.54, 1.807) is 30.0 Å². The molecule has 0 bridgehead atoms. The van der Waals surface area contributed by atoms with Crippen LogP contribution in [0.2, 0.25) is 0 Å². The second kappa shape index (κ2) is 13.8. The number of hydrogen-bond donors (Lipinski definition) is 3. The Labute approximate surface area is 245 Å². The third-order valence-corrected chi connectivity index (χ3v) is 8.09. The summed E-state index contributed by atoms with van der Waals surface area (Å²) in [7, 11) is 1.87. The molecule has 4 rings (SSSR count). The highest BCUT2D eigenvalue weighted by atomic mass is 19.4. The van der Waals surface area contributed by atoms with Crippen LogP contribution in [0.25, 0.3) is 0 Å². The lowest BCUT2D eigenvalue weighted by atomic mass is 9.96. The molecule has 3 N–H and O–H groups in total. The molecule has 2 aromatic carbocycles. The molecular formula is C31H41F3N4O4. The summed E-state index contributed by atoms with van der Waals surface area (Å²) in [5.74, 6) is -0.0515. The van der Waals surface area contributed by atoms with Gasteiger partial charge < -0.3 is 25.4 Å². The van der Waals surface area contributed by atoms with Crippen LogP contribution in [-0.2, 0) is 12.7 Å². The zero-order valence-corrected chi connectivity index (χ0v) is 24.4. The summed E-state index contributed by atoms with van der Waals surface area (Å²) in [5.41, 5.74) is 0.788. The Kier molecular flexibility index (Phi) is 10.4. The smallest absolute Gasteiger partial charge is 0.416 e. The third kappa shape index (κ3) is 8.16. The van der Waals surface area contributed by atoms with Crippen LogP contribution < -0.4 is 15.4 Å². The fraction of sp³-hybridized carbons (Fsp3) is 0.548. The van der Waals surface area contributed by atoms with Gasteiger partial charge in [0.15, 0.2) is 0 Å². The number of carbonyl (C=O) groups excluding carboxylic acids is 2. The van der Waals surface area contributed by atoms with Gasteiger partial charge in [0, 0.05) is 37.3 Å². The van der Waals surface area contributed by atoms with Gasteiger partial charge in [-0.2, -0.15) is 13.2 Å². The van der Waals surface area contributed by atoms with E-state index in [1.807, 2.05) is 18.9 Å². The molecule has 1 aliphatic carbocycles. The molecule has 2 aromatic rings. The first kappa shape index (κ1) is 31.6. The maximum absolute atomic E-state index is 13.7. The predicted octanol–water partition coefficient (Wildman–Crippen LogP) is 5.51. The molecule has 0 unspecified atom stereocenters. The molecule has 0 radical (unpaired) electrons. The van der Waals surface area contributed by atoms with Gasteiger partial charge >= 0.3 is 12.2 Å². The fourth-order valence-electron chi connectivity index (χ4n) is 5.60. The van der Waals surface area contributed by atoms with Crippen LogP contribution in [0.15, 0.2) is 42.5 Å². The average molecular weight is 591 g/mol. The number of rotatable bonds is 8. The first-order chi connectivity index (χ1) is 19.9. The molecule has 230 valence electrons. The second-order valence-corrected chi connectivity index (χ2v) is 11.7. The largest absolute Gasteiger partial charge is 0.488 e. The second-order valence-electron chi connectivity index (χ2n) is 11.7. The fourth-order valence-corrected chi connectivity index (χ4v) is 5.60. The van der Waals surface area contributed by atoms with Crippen LogP contribution >= 0.6 is 0 Å². The topological polar surface area (TPSA) is 94.1 Å². The minimum absolute atomic E-state index is 0.120. The normalized spacial score (nSPS) is 20.8. The van der Waals surface area contributed by atoms with Crippen molar-refractivity contribution in [3.63, 3.8) is 0 Å². The Bertz CT molecular complexity index is 1220. The summed E-state index contributed by atoms with van der Waals surface area (Å²) in [6.07, 6.45) is 0.513. The van der Waals surface area contributed by atoms with Crippen molar-refractivity contribution in [2.75, 3.05) is 32.1 Å². The third-order valence-electron chi connectivity index (χ3n) is 8.09. The first-order valence-electron chi connectivity index (χ1n) is 14.6. The number of aliphatic hydroxyl groups excluding tert-OH is 1. The number of ether oxygens (including phenoxy) is 1. The molecule has 8 nitrogen and oxygen atoms in total. The number of benzene rings is 2. The van der Waals surface area contributed by atoms with E-state index < -0.39 is 17.8 Å². The lowest BCUT2D eigenvalue weighted by Gasteiger charge is -2.38. The SMILES string of the molecule is C[C@H](CO)N1C[C@H](C)[C@H](CN(C)Cc2ccc(C(F)(F)F)cc2)Oc2ccc(NC(=O)NC3CCCCC3)cc2C1=O. The van der Waals surface area contributed by atoms with Crippen LogP contribution in [0.5, 0.6) is 5.75 Å². The van der Waals surface area contributed by atoms with Crippen molar-refractivity contribution in [2.24, 2.45) is 5.92 Å². The van der Waals surface area contributed by atoms with Gasteiger partial charge in [-0.05, 0) is 62.7 Å². The van der Waals surface area contributed by atoms with Gasteiger partial charge in [-0.3, -0.25) is 9.69 Å². The van der Waals surface area contributed by atoms with Crippen LogP contribution in [0.4, 0.5) is 23.7 Å². The van der Waals surface area contributed by atoms with Crippen molar-refractivity contribution in [3.8, 4) is 5.75 Å². The van der Waals surface area contributed by atoms with Gasteiger partial charge in [0.1, 0.15) is 11.9 Å². The van der Waals surface area contributed by atoms with Gasteiger partial charge in [0.2, 0.25) is 0 Å². The van der Waals surface area contributed by atoms with E-state index in [9.17, 15) is 27.9 Å². The monoisotopic (exact) mass is 590 g/mol. The average Bonchev–Trinajstić information content (AvgIpc) is 2.95. The zero-order valence-electron chi connectivity index (χ0n) is 24.4. The van der Waals surface area contributed by atoms with Crippen LogP contribution in [0.3, 0.4) is 0 Å². The van der Waals surface area contributed by atoms with Crippen molar-refractivity contribution in [3.05, 3.63) is 59.2 Å². The highest BCUT2D eigenvalue weighted by Crippen LogP contribution is 2.32. The van der Waals surface area contributed by atoms with Crippen LogP contribution in [0, 0.1) is 5.92 Å². The van der Waals surface area contributed by atoms with Gasteiger partial charge in [0.05, 0.1) is 23.8 Å². The van der Waals surface area contributed by atoms with Gasteiger partial charge in [-0.25, -0.2) is 4.79 Å². The molecule has 0 spiro atoms. The van der Waals surface area contributed by atoms with Crippen LogP contribution in [-0.4, -0.2) is 71.8 Å². The molecule has 1 heterocycles. The lowest BCUT2D eigenvalue weighted by Crippen LogP contribution is -2.49. The van der Waals surface area contributed by atoms with E-state index in [4.69, 9.17) is 4.74 Å². The first-order valence-corrected chi connectivity index (χ1v) is 14.6. The minimum atomic E-state index is -4.39. The summed E-state index contributed by atoms with van der Waals surface area (Å²) in [4.78, 5) is 29.9. The number of urea groups is 1. The summed E-state index contributed by atoms with van der Waals surface area (Å²) in [6, 6.07) is 9.45. The van der Waals surface area contributed by atoms with Gasteiger partial charge in [-0.15, -0.1) is 0 Å². The van der Waals surface area contributed by atoms with Crippen LogP contribution in [0.1, 0.15) is 67.4 Å². The zero-order chi connectivity index (χ0) is 30.4.